The second-order valence-corrected chi connectivity index (χ2v) is 18.1. The first-order valence-corrected chi connectivity index (χ1v) is 26.4. The third-order valence-electron chi connectivity index (χ3n) is 11.1. The molecule has 1 aliphatic heterocycles. The minimum Gasteiger partial charge on any atom is -0.457 e. The fraction of sp³-hybridized carbons (Fsp3) is 0.784. The first kappa shape index (κ1) is 59.8. The summed E-state index contributed by atoms with van der Waals surface area (Å²) < 4.78 is 59.1. The van der Waals surface area contributed by atoms with Crippen molar-refractivity contribution in [3.05, 3.63) is 60.8 Å². The van der Waals surface area contributed by atoms with Crippen molar-refractivity contribution in [2.45, 2.75) is 230 Å². The van der Waals surface area contributed by atoms with Crippen LogP contribution in [0.4, 0.5) is 0 Å². The lowest BCUT2D eigenvalue weighted by Crippen LogP contribution is -2.60. The number of unbranched alkanes of at least 4 members (excludes halogenated alkanes) is 20. The van der Waals surface area contributed by atoms with Gasteiger partial charge in [-0.25, -0.2) is 4.18 Å². The molecule has 0 aromatic heterocycles. The Morgan fingerprint density at radius 3 is 1.59 bits per heavy atom. The Hall–Kier alpha value is -2.20. The first-order valence-electron chi connectivity index (χ1n) is 25.0. The van der Waals surface area contributed by atoms with Gasteiger partial charge in [0.1, 0.15) is 30.5 Å². The summed E-state index contributed by atoms with van der Waals surface area (Å²) in [6, 6.07) is 0. The first-order chi connectivity index (χ1) is 31.1. The number of allylic oxidation sites excluding steroid dienone is 10. The average Bonchev–Trinajstić information content (AvgIpc) is 3.27. The molecule has 1 rings (SSSR count). The monoisotopic (exact) mass is 927 g/mol. The van der Waals surface area contributed by atoms with Crippen LogP contribution in [-0.2, 0) is 38.3 Å². The summed E-state index contributed by atoms with van der Waals surface area (Å²) in [5.74, 6) is -0.411. The van der Waals surface area contributed by atoms with Crippen LogP contribution in [0.3, 0.4) is 0 Å². The number of aliphatic hydroxyl groups excluding tert-OH is 3. The zero-order valence-corrected chi connectivity index (χ0v) is 40.6. The van der Waals surface area contributed by atoms with Gasteiger partial charge in [-0.05, 0) is 70.6 Å². The lowest BCUT2D eigenvalue weighted by Gasteiger charge is -2.41. The standard InChI is InChI=1S/C51H90O12S/c1-3-5-7-9-11-13-15-16-17-18-19-20-21-22-23-24-25-26-27-28-29-31-33-35-37-39-41-59-43-45(61-47(53)40-38-36-34-32-30-14-12-10-8-6-4-2)44-60-51-49(55)50(63-64(56,57)58)48(54)46(42-52)62-51/h5,7,10-13,16-17,19-20,45-46,48-52,54-55H,3-4,6,8-9,14-15,18,21-44H2,1-2H3,(H,56,57,58)/b7-5-,12-10-,13-11-,17-16-,20-19-. The molecule has 0 spiro atoms. The van der Waals surface area contributed by atoms with Gasteiger partial charge in [0.05, 0.1) is 19.8 Å². The molecule has 0 aromatic rings. The number of rotatable bonds is 43. The minimum absolute atomic E-state index is 0.0304. The summed E-state index contributed by atoms with van der Waals surface area (Å²) in [4.78, 5) is 12.8. The molecule has 0 amide bonds. The molecule has 6 atom stereocenters. The van der Waals surface area contributed by atoms with E-state index >= 15 is 0 Å². The van der Waals surface area contributed by atoms with E-state index in [9.17, 15) is 28.5 Å². The number of carbonyl (C=O) groups excluding carboxylic acids is 1. The number of hydrogen-bond acceptors (Lipinski definition) is 11. The third kappa shape index (κ3) is 35.1. The van der Waals surface area contributed by atoms with E-state index in [1.165, 1.54) is 83.5 Å². The van der Waals surface area contributed by atoms with Crippen LogP contribution in [0.15, 0.2) is 60.8 Å². The summed E-state index contributed by atoms with van der Waals surface area (Å²) in [5, 5.41) is 30.7. The summed E-state index contributed by atoms with van der Waals surface area (Å²) >= 11 is 0. The zero-order chi connectivity index (χ0) is 46.8. The Bertz CT molecular complexity index is 1350. The van der Waals surface area contributed by atoms with Gasteiger partial charge in [0.15, 0.2) is 6.29 Å². The van der Waals surface area contributed by atoms with E-state index in [0.29, 0.717) is 13.0 Å². The fourth-order valence-electron chi connectivity index (χ4n) is 7.35. The highest BCUT2D eigenvalue weighted by atomic mass is 32.3. The van der Waals surface area contributed by atoms with Gasteiger partial charge in [0, 0.05) is 13.0 Å². The fourth-order valence-corrected chi connectivity index (χ4v) is 7.86. The van der Waals surface area contributed by atoms with Gasteiger partial charge in [-0.2, -0.15) is 8.42 Å². The van der Waals surface area contributed by atoms with Gasteiger partial charge in [-0.1, -0.05) is 177 Å². The molecule has 1 heterocycles. The van der Waals surface area contributed by atoms with Crippen LogP contribution in [0.2, 0.25) is 0 Å². The number of ether oxygens (including phenoxy) is 4. The minimum atomic E-state index is -5.06. The van der Waals surface area contributed by atoms with Crippen LogP contribution < -0.4 is 0 Å². The van der Waals surface area contributed by atoms with Crippen LogP contribution in [0.25, 0.3) is 0 Å². The van der Waals surface area contributed by atoms with E-state index in [4.69, 9.17) is 23.5 Å². The van der Waals surface area contributed by atoms with Crippen molar-refractivity contribution in [2.75, 3.05) is 26.4 Å². The lowest BCUT2D eigenvalue weighted by atomic mass is 9.99. The molecule has 1 saturated heterocycles. The summed E-state index contributed by atoms with van der Waals surface area (Å²) in [5.41, 5.74) is 0. The molecule has 0 aromatic carbocycles. The second-order valence-electron chi connectivity index (χ2n) is 17.0. The molecule has 64 heavy (non-hydrogen) atoms. The molecule has 0 bridgehead atoms. The van der Waals surface area contributed by atoms with E-state index < -0.39 is 59.8 Å². The maximum absolute atomic E-state index is 12.8. The van der Waals surface area contributed by atoms with Crippen LogP contribution in [0.5, 0.6) is 0 Å². The largest absolute Gasteiger partial charge is 0.457 e. The predicted molar refractivity (Wildman–Crippen MR) is 257 cm³/mol. The van der Waals surface area contributed by atoms with E-state index in [2.05, 4.69) is 78.8 Å². The number of carbonyl (C=O) groups is 1. The van der Waals surface area contributed by atoms with E-state index in [0.717, 1.165) is 83.5 Å². The molecule has 0 radical (unpaired) electrons. The van der Waals surface area contributed by atoms with Crippen molar-refractivity contribution in [2.24, 2.45) is 0 Å². The number of esters is 1. The molecule has 1 aliphatic rings. The maximum atomic E-state index is 12.8. The number of aliphatic hydroxyl groups is 3. The smallest absolute Gasteiger partial charge is 0.397 e. The van der Waals surface area contributed by atoms with Crippen molar-refractivity contribution < 1.29 is 56.2 Å². The van der Waals surface area contributed by atoms with Crippen molar-refractivity contribution in [1.29, 1.82) is 0 Å². The molecule has 12 nitrogen and oxygen atoms in total. The van der Waals surface area contributed by atoms with E-state index in [1.807, 2.05) is 0 Å². The number of hydrogen-bond donors (Lipinski definition) is 4. The predicted octanol–water partition coefficient (Wildman–Crippen LogP) is 11.3. The molecule has 1 fully saturated rings. The van der Waals surface area contributed by atoms with Crippen molar-refractivity contribution >= 4 is 16.4 Å². The van der Waals surface area contributed by atoms with Gasteiger partial charge < -0.3 is 34.3 Å². The van der Waals surface area contributed by atoms with Crippen molar-refractivity contribution in [3.8, 4) is 0 Å². The molecular weight excluding hydrogens is 837 g/mol. The second kappa shape index (κ2) is 42.2. The van der Waals surface area contributed by atoms with Crippen LogP contribution in [-0.4, -0.2) is 97.5 Å². The molecule has 0 saturated carbocycles. The Kier molecular flexibility index (Phi) is 39.4. The Balaban J connectivity index is 2.28. The normalized spacial score (nSPS) is 20.2. The van der Waals surface area contributed by atoms with Crippen LogP contribution in [0.1, 0.15) is 194 Å². The van der Waals surface area contributed by atoms with Gasteiger partial charge in [0.2, 0.25) is 0 Å². The average molecular weight is 927 g/mol. The summed E-state index contributed by atoms with van der Waals surface area (Å²) in [6.07, 6.45) is 44.1. The highest BCUT2D eigenvalue weighted by Gasteiger charge is 2.48. The third-order valence-corrected chi connectivity index (χ3v) is 11.6. The topological polar surface area (TPSA) is 178 Å². The van der Waals surface area contributed by atoms with Gasteiger partial charge >= 0.3 is 16.4 Å². The molecule has 372 valence electrons. The highest BCUT2D eigenvalue weighted by molar-refractivity contribution is 7.80. The Labute approximate surface area is 388 Å². The van der Waals surface area contributed by atoms with Gasteiger partial charge in [-0.3, -0.25) is 9.35 Å². The van der Waals surface area contributed by atoms with E-state index in [1.54, 1.807) is 0 Å². The van der Waals surface area contributed by atoms with Gasteiger partial charge in [0.25, 0.3) is 0 Å². The quantitative estimate of drug-likeness (QED) is 0.0197. The van der Waals surface area contributed by atoms with Crippen molar-refractivity contribution in [1.82, 2.24) is 0 Å². The zero-order valence-electron chi connectivity index (χ0n) is 39.8. The van der Waals surface area contributed by atoms with Crippen molar-refractivity contribution in [3.63, 3.8) is 0 Å². The molecule has 4 N–H and O–H groups in total. The highest BCUT2D eigenvalue weighted by Crippen LogP contribution is 2.26. The summed E-state index contributed by atoms with van der Waals surface area (Å²) in [6.45, 7) is 3.82. The Morgan fingerprint density at radius 1 is 0.609 bits per heavy atom. The Morgan fingerprint density at radius 2 is 1.08 bits per heavy atom. The summed E-state index contributed by atoms with van der Waals surface area (Å²) in [7, 11) is -5.06. The molecule has 13 heteroatoms. The maximum Gasteiger partial charge on any atom is 0.397 e. The van der Waals surface area contributed by atoms with Crippen LogP contribution in [0, 0.1) is 0 Å². The van der Waals surface area contributed by atoms with E-state index in [-0.39, 0.29) is 19.6 Å². The SMILES string of the molecule is CC/C=C\C/C=C\C/C=C\C/C=C\CCCCCCCCCCCCCCCOCC(COC1OC(CO)C(O)C(OS(=O)(=O)O)C1O)OC(=O)CCCCCCC/C=C\CCCC. The molecular formula is C51H90O12S. The lowest BCUT2D eigenvalue weighted by molar-refractivity contribution is -0.301. The van der Waals surface area contributed by atoms with Crippen LogP contribution >= 0.6 is 0 Å². The van der Waals surface area contributed by atoms with Gasteiger partial charge in [-0.15, -0.1) is 0 Å². The molecule has 0 aliphatic carbocycles. The molecule has 6 unspecified atom stereocenters.